The minimum Gasteiger partial charge on any atom is -0.496 e. The van der Waals surface area contributed by atoms with Crippen LogP contribution < -0.4 is 10.1 Å². The molecule has 0 spiro atoms. The average Bonchev–Trinajstić information content (AvgIpc) is 2.46. The van der Waals surface area contributed by atoms with E-state index in [4.69, 9.17) is 27.9 Å². The molecule has 2 rings (SSSR count). The van der Waals surface area contributed by atoms with E-state index in [1.54, 1.807) is 7.11 Å². The second-order valence-electron chi connectivity index (χ2n) is 4.37. The topological polar surface area (TPSA) is 21.3 Å². The summed E-state index contributed by atoms with van der Waals surface area (Å²) in [6, 6.07) is 13.3. The summed E-state index contributed by atoms with van der Waals surface area (Å²) in [5.74, 6) is 0.814. The summed E-state index contributed by atoms with van der Waals surface area (Å²) < 4.78 is 5.45. The highest BCUT2D eigenvalue weighted by atomic mass is 35.5. The minimum absolute atomic E-state index is 0.0997. The summed E-state index contributed by atoms with van der Waals surface area (Å²) in [5.41, 5.74) is 1.90. The summed E-state index contributed by atoms with van der Waals surface area (Å²) >= 11 is 12.7. The summed E-state index contributed by atoms with van der Waals surface area (Å²) in [7, 11) is 1.66. The Balaban J connectivity index is 2.56. The Morgan fingerprint density at radius 2 is 1.70 bits per heavy atom. The fourth-order valence-corrected chi connectivity index (χ4v) is 2.88. The molecule has 2 aromatic rings. The van der Waals surface area contributed by atoms with Crippen molar-refractivity contribution in [2.75, 3.05) is 13.7 Å². The van der Waals surface area contributed by atoms with Crippen LogP contribution in [0.25, 0.3) is 0 Å². The van der Waals surface area contributed by atoms with Crippen molar-refractivity contribution >= 4 is 23.2 Å². The number of methoxy groups -OCH3 is 1. The quantitative estimate of drug-likeness (QED) is 0.864. The maximum Gasteiger partial charge on any atom is 0.123 e. The lowest BCUT2D eigenvalue weighted by atomic mass is 9.97. The van der Waals surface area contributed by atoms with E-state index in [1.807, 2.05) is 49.4 Å². The number of hydrogen-bond donors (Lipinski definition) is 1. The molecule has 2 nitrogen and oxygen atoms in total. The van der Waals surface area contributed by atoms with E-state index < -0.39 is 0 Å². The molecule has 0 heterocycles. The standard InChI is InChI=1S/C16H17Cl2NO/c1-3-19-16(11-7-4-5-10-14(11)20-2)15-12(17)8-6-9-13(15)18/h4-10,16,19H,3H2,1-2H3. The maximum atomic E-state index is 6.34. The fourth-order valence-electron chi connectivity index (χ4n) is 2.26. The highest BCUT2D eigenvalue weighted by molar-refractivity contribution is 6.36. The van der Waals surface area contributed by atoms with Crippen molar-refractivity contribution in [2.45, 2.75) is 13.0 Å². The molecule has 106 valence electrons. The van der Waals surface area contributed by atoms with Crippen molar-refractivity contribution in [3.63, 3.8) is 0 Å². The lowest BCUT2D eigenvalue weighted by Gasteiger charge is -2.23. The zero-order valence-electron chi connectivity index (χ0n) is 11.5. The van der Waals surface area contributed by atoms with Crippen molar-refractivity contribution in [1.82, 2.24) is 5.32 Å². The van der Waals surface area contributed by atoms with Crippen molar-refractivity contribution < 1.29 is 4.74 Å². The molecule has 2 aromatic carbocycles. The fraction of sp³-hybridized carbons (Fsp3) is 0.250. The van der Waals surface area contributed by atoms with Crippen LogP contribution >= 0.6 is 23.2 Å². The van der Waals surface area contributed by atoms with E-state index in [2.05, 4.69) is 5.32 Å². The number of benzene rings is 2. The molecule has 0 fully saturated rings. The lowest BCUT2D eigenvalue weighted by molar-refractivity contribution is 0.404. The van der Waals surface area contributed by atoms with Gasteiger partial charge in [0.15, 0.2) is 0 Å². The van der Waals surface area contributed by atoms with Gasteiger partial charge in [-0.1, -0.05) is 54.4 Å². The number of rotatable bonds is 5. The van der Waals surface area contributed by atoms with E-state index in [1.165, 1.54) is 0 Å². The van der Waals surface area contributed by atoms with E-state index in [9.17, 15) is 0 Å². The van der Waals surface area contributed by atoms with Gasteiger partial charge < -0.3 is 10.1 Å². The van der Waals surface area contributed by atoms with Crippen LogP contribution in [0.2, 0.25) is 10.0 Å². The molecular weight excluding hydrogens is 293 g/mol. The Morgan fingerprint density at radius 3 is 2.30 bits per heavy atom. The van der Waals surface area contributed by atoms with Gasteiger partial charge in [0.1, 0.15) is 5.75 Å². The van der Waals surface area contributed by atoms with E-state index in [-0.39, 0.29) is 6.04 Å². The second kappa shape index (κ2) is 6.98. The van der Waals surface area contributed by atoms with E-state index >= 15 is 0 Å². The molecule has 0 aliphatic heterocycles. The predicted octanol–water partition coefficient (Wildman–Crippen LogP) is 4.70. The largest absolute Gasteiger partial charge is 0.496 e. The number of hydrogen-bond acceptors (Lipinski definition) is 2. The van der Waals surface area contributed by atoms with Gasteiger partial charge in [-0.3, -0.25) is 0 Å². The van der Waals surface area contributed by atoms with Crippen LogP contribution in [0.15, 0.2) is 42.5 Å². The molecular formula is C16H17Cl2NO. The van der Waals surface area contributed by atoms with Crippen LogP contribution in [0.3, 0.4) is 0 Å². The van der Waals surface area contributed by atoms with Gasteiger partial charge >= 0.3 is 0 Å². The van der Waals surface area contributed by atoms with Gasteiger partial charge in [0.25, 0.3) is 0 Å². The Hall–Kier alpha value is -1.22. The molecule has 0 aliphatic carbocycles. The number of para-hydroxylation sites is 1. The molecule has 1 unspecified atom stereocenters. The Bertz CT molecular complexity index is 566. The van der Waals surface area contributed by atoms with Gasteiger partial charge in [-0.05, 0) is 24.7 Å². The molecule has 4 heteroatoms. The lowest BCUT2D eigenvalue weighted by Crippen LogP contribution is -2.23. The normalized spacial score (nSPS) is 12.2. The first-order chi connectivity index (χ1) is 9.69. The van der Waals surface area contributed by atoms with Gasteiger partial charge in [-0.15, -0.1) is 0 Å². The smallest absolute Gasteiger partial charge is 0.123 e. The van der Waals surface area contributed by atoms with Crippen LogP contribution in [0, 0.1) is 0 Å². The first-order valence-corrected chi connectivity index (χ1v) is 7.24. The minimum atomic E-state index is -0.0997. The molecule has 0 saturated carbocycles. The summed E-state index contributed by atoms with van der Waals surface area (Å²) in [6.45, 7) is 2.84. The number of halogens is 2. The second-order valence-corrected chi connectivity index (χ2v) is 5.18. The van der Waals surface area contributed by atoms with Crippen LogP contribution in [-0.4, -0.2) is 13.7 Å². The van der Waals surface area contributed by atoms with Crippen molar-refractivity contribution in [3.8, 4) is 5.75 Å². The maximum absolute atomic E-state index is 6.34. The van der Waals surface area contributed by atoms with Crippen LogP contribution in [0.5, 0.6) is 5.75 Å². The van der Waals surface area contributed by atoms with E-state index in [0.29, 0.717) is 10.0 Å². The third-order valence-electron chi connectivity index (χ3n) is 3.15. The zero-order chi connectivity index (χ0) is 14.5. The van der Waals surface area contributed by atoms with Gasteiger partial charge in [0.2, 0.25) is 0 Å². The van der Waals surface area contributed by atoms with Gasteiger partial charge in [-0.2, -0.15) is 0 Å². The summed E-state index contributed by atoms with van der Waals surface area (Å²) in [5, 5.41) is 4.72. The van der Waals surface area contributed by atoms with E-state index in [0.717, 1.165) is 23.4 Å². The molecule has 0 aliphatic rings. The molecule has 0 aromatic heterocycles. The molecule has 1 atom stereocenters. The highest BCUT2D eigenvalue weighted by Gasteiger charge is 2.21. The third-order valence-corrected chi connectivity index (χ3v) is 3.81. The first-order valence-electron chi connectivity index (χ1n) is 6.49. The SMILES string of the molecule is CCNC(c1ccccc1OC)c1c(Cl)cccc1Cl. The van der Waals surface area contributed by atoms with Crippen LogP contribution in [0.1, 0.15) is 24.1 Å². The Morgan fingerprint density at radius 1 is 1.05 bits per heavy atom. The monoisotopic (exact) mass is 309 g/mol. The number of ether oxygens (including phenoxy) is 1. The zero-order valence-corrected chi connectivity index (χ0v) is 13.0. The van der Waals surface area contributed by atoms with Gasteiger partial charge in [0, 0.05) is 21.2 Å². The van der Waals surface area contributed by atoms with Crippen LogP contribution in [-0.2, 0) is 0 Å². The van der Waals surface area contributed by atoms with Gasteiger partial charge in [-0.25, -0.2) is 0 Å². The first kappa shape index (κ1) is 15.2. The average molecular weight is 310 g/mol. The number of nitrogens with one attached hydrogen (secondary N) is 1. The third kappa shape index (κ3) is 3.09. The summed E-state index contributed by atoms with van der Waals surface area (Å²) in [4.78, 5) is 0. The van der Waals surface area contributed by atoms with Crippen molar-refractivity contribution in [3.05, 3.63) is 63.6 Å². The summed E-state index contributed by atoms with van der Waals surface area (Å²) in [6.07, 6.45) is 0. The van der Waals surface area contributed by atoms with Crippen molar-refractivity contribution in [1.29, 1.82) is 0 Å². The predicted molar refractivity (Wildman–Crippen MR) is 85.0 cm³/mol. The molecule has 1 N–H and O–H groups in total. The Labute approximate surface area is 129 Å². The van der Waals surface area contributed by atoms with Crippen molar-refractivity contribution in [2.24, 2.45) is 0 Å². The van der Waals surface area contributed by atoms with Crippen LogP contribution in [0.4, 0.5) is 0 Å². The molecule has 0 bridgehead atoms. The molecule has 0 amide bonds. The Kier molecular flexibility index (Phi) is 5.30. The molecule has 0 radical (unpaired) electrons. The molecule has 0 saturated heterocycles. The molecule has 20 heavy (non-hydrogen) atoms. The van der Waals surface area contributed by atoms with Gasteiger partial charge in [0.05, 0.1) is 13.2 Å². The highest BCUT2D eigenvalue weighted by Crippen LogP contribution is 2.37.